The first kappa shape index (κ1) is 14.9. The molecule has 2 unspecified atom stereocenters. The van der Waals surface area contributed by atoms with Gasteiger partial charge in [0.05, 0.1) is 11.1 Å². The average Bonchev–Trinajstić information content (AvgIpc) is 3.37. The Balaban J connectivity index is 1.52. The summed E-state index contributed by atoms with van der Waals surface area (Å²) in [5, 5.41) is 14.5. The fourth-order valence-corrected chi connectivity index (χ4v) is 2.49. The number of carbonyl (C=O) groups excluding carboxylic acids is 1. The predicted octanol–water partition coefficient (Wildman–Crippen LogP) is 2.85. The Bertz CT molecular complexity index is 741. The summed E-state index contributed by atoms with van der Waals surface area (Å²) in [5.74, 6) is 0.134. The summed E-state index contributed by atoms with van der Waals surface area (Å²) in [6.45, 7) is 0. The topological polar surface area (TPSA) is 84.6 Å². The highest BCUT2D eigenvalue weighted by molar-refractivity contribution is 5.85. The molecule has 6 heteroatoms. The second-order valence-electron chi connectivity index (χ2n) is 5.44. The van der Waals surface area contributed by atoms with E-state index in [0.717, 1.165) is 6.42 Å². The van der Waals surface area contributed by atoms with Gasteiger partial charge in [-0.1, -0.05) is 30.3 Å². The zero-order chi connectivity index (χ0) is 16.2. The minimum Gasteiger partial charge on any atom is -0.273 e. The highest BCUT2D eigenvalue weighted by atomic mass is 16.6. The van der Waals surface area contributed by atoms with Crippen LogP contribution in [0.2, 0.25) is 0 Å². The Morgan fingerprint density at radius 3 is 2.52 bits per heavy atom. The second kappa shape index (κ2) is 6.39. The number of hydrazone groups is 1. The Labute approximate surface area is 133 Å². The van der Waals surface area contributed by atoms with Crippen molar-refractivity contribution < 1.29 is 9.72 Å². The third-order valence-corrected chi connectivity index (χ3v) is 3.85. The lowest BCUT2D eigenvalue weighted by Gasteiger charge is -2.00. The van der Waals surface area contributed by atoms with Crippen LogP contribution in [-0.4, -0.2) is 17.0 Å². The summed E-state index contributed by atoms with van der Waals surface area (Å²) in [6.07, 6.45) is 2.31. The van der Waals surface area contributed by atoms with E-state index in [2.05, 4.69) is 10.5 Å². The first-order valence-corrected chi connectivity index (χ1v) is 7.27. The third-order valence-electron chi connectivity index (χ3n) is 3.85. The molecule has 2 atom stereocenters. The lowest BCUT2D eigenvalue weighted by molar-refractivity contribution is -0.384. The molecule has 3 rings (SSSR count). The zero-order valence-electron chi connectivity index (χ0n) is 12.3. The lowest BCUT2D eigenvalue weighted by atomic mass is 10.1. The minimum atomic E-state index is -0.459. The largest absolute Gasteiger partial charge is 0.273 e. The molecule has 1 amide bonds. The van der Waals surface area contributed by atoms with Crippen LogP contribution in [0.1, 0.15) is 23.5 Å². The van der Waals surface area contributed by atoms with Crippen molar-refractivity contribution in [2.45, 2.75) is 12.3 Å². The molecule has 1 N–H and O–H groups in total. The van der Waals surface area contributed by atoms with Crippen LogP contribution in [-0.2, 0) is 4.79 Å². The molecule has 2 aromatic carbocycles. The van der Waals surface area contributed by atoms with Crippen molar-refractivity contribution in [2.75, 3.05) is 0 Å². The molecule has 1 saturated carbocycles. The molecule has 1 aliphatic carbocycles. The van der Waals surface area contributed by atoms with E-state index >= 15 is 0 Å². The molecule has 0 aromatic heterocycles. The molecule has 0 aliphatic heterocycles. The number of rotatable bonds is 5. The summed E-state index contributed by atoms with van der Waals surface area (Å²) >= 11 is 0. The lowest BCUT2D eigenvalue weighted by Crippen LogP contribution is -2.20. The van der Waals surface area contributed by atoms with E-state index in [1.54, 1.807) is 12.1 Å². The third kappa shape index (κ3) is 3.60. The summed E-state index contributed by atoms with van der Waals surface area (Å²) in [7, 11) is 0. The number of amides is 1. The number of nitrogens with zero attached hydrogens (tertiary/aromatic N) is 2. The fraction of sp³-hybridized carbons (Fsp3) is 0.176. The monoisotopic (exact) mass is 309 g/mol. The van der Waals surface area contributed by atoms with E-state index in [0.29, 0.717) is 5.56 Å². The molecule has 23 heavy (non-hydrogen) atoms. The van der Waals surface area contributed by atoms with Gasteiger partial charge in [0.2, 0.25) is 5.91 Å². The van der Waals surface area contributed by atoms with Gasteiger partial charge in [-0.3, -0.25) is 14.9 Å². The van der Waals surface area contributed by atoms with E-state index in [-0.39, 0.29) is 23.4 Å². The fourth-order valence-electron chi connectivity index (χ4n) is 2.49. The first-order chi connectivity index (χ1) is 11.1. The number of nitro groups is 1. The van der Waals surface area contributed by atoms with Crippen molar-refractivity contribution in [2.24, 2.45) is 11.0 Å². The molecule has 0 saturated heterocycles. The highest BCUT2D eigenvalue weighted by Gasteiger charge is 2.43. The quantitative estimate of drug-likeness (QED) is 0.523. The number of carbonyl (C=O) groups is 1. The van der Waals surface area contributed by atoms with Crippen LogP contribution in [0.25, 0.3) is 0 Å². The van der Waals surface area contributed by atoms with Crippen molar-refractivity contribution in [3.05, 3.63) is 75.8 Å². The molecule has 0 spiro atoms. The van der Waals surface area contributed by atoms with Gasteiger partial charge in [0.25, 0.3) is 5.69 Å². The standard InChI is InChI=1S/C17H15N3O3/c21-17(16-10-15(16)13-4-2-1-3-5-13)19-18-11-12-6-8-14(9-7-12)20(22)23/h1-9,11,15-16H,10H2,(H,19,21). The number of hydrogen-bond acceptors (Lipinski definition) is 4. The number of nitro benzene ring substituents is 1. The molecule has 0 heterocycles. The van der Waals surface area contributed by atoms with Gasteiger partial charge in [0.1, 0.15) is 0 Å². The summed E-state index contributed by atoms with van der Waals surface area (Å²) in [4.78, 5) is 22.1. The molecular formula is C17H15N3O3. The van der Waals surface area contributed by atoms with Crippen LogP contribution in [0.3, 0.4) is 0 Å². The van der Waals surface area contributed by atoms with E-state index in [1.165, 1.54) is 23.9 Å². The molecule has 1 fully saturated rings. The average molecular weight is 309 g/mol. The summed E-state index contributed by atoms with van der Waals surface area (Å²) in [6, 6.07) is 15.9. The Morgan fingerprint density at radius 2 is 1.87 bits per heavy atom. The number of benzene rings is 2. The zero-order valence-corrected chi connectivity index (χ0v) is 12.3. The van der Waals surface area contributed by atoms with Crippen LogP contribution in [0.15, 0.2) is 59.7 Å². The second-order valence-corrected chi connectivity index (χ2v) is 5.44. The Morgan fingerprint density at radius 1 is 1.17 bits per heavy atom. The van der Waals surface area contributed by atoms with Gasteiger partial charge in [-0.05, 0) is 35.6 Å². The number of hydrogen-bond donors (Lipinski definition) is 1. The maximum Gasteiger partial charge on any atom is 0.269 e. The van der Waals surface area contributed by atoms with Crippen LogP contribution < -0.4 is 5.43 Å². The number of non-ortho nitro benzene ring substituents is 1. The molecule has 0 radical (unpaired) electrons. The van der Waals surface area contributed by atoms with E-state index in [9.17, 15) is 14.9 Å². The van der Waals surface area contributed by atoms with Crippen LogP contribution in [0, 0.1) is 16.0 Å². The SMILES string of the molecule is O=C(NN=Cc1ccc([N+](=O)[O-])cc1)C1CC1c1ccccc1. The van der Waals surface area contributed by atoms with Crippen LogP contribution >= 0.6 is 0 Å². The van der Waals surface area contributed by atoms with Gasteiger partial charge < -0.3 is 0 Å². The van der Waals surface area contributed by atoms with Crippen molar-refractivity contribution in [3.8, 4) is 0 Å². The van der Waals surface area contributed by atoms with Gasteiger partial charge in [-0.2, -0.15) is 5.10 Å². The highest BCUT2D eigenvalue weighted by Crippen LogP contribution is 2.47. The molecule has 1 aliphatic rings. The number of nitrogens with one attached hydrogen (secondary N) is 1. The van der Waals surface area contributed by atoms with Gasteiger partial charge in [-0.15, -0.1) is 0 Å². The summed E-state index contributed by atoms with van der Waals surface area (Å²) in [5.41, 5.74) is 4.41. The Hall–Kier alpha value is -3.02. The van der Waals surface area contributed by atoms with E-state index < -0.39 is 4.92 Å². The normalized spacial score (nSPS) is 19.5. The van der Waals surface area contributed by atoms with E-state index in [4.69, 9.17) is 0 Å². The Kier molecular flexibility index (Phi) is 4.14. The van der Waals surface area contributed by atoms with Gasteiger partial charge in [0.15, 0.2) is 0 Å². The molecule has 116 valence electrons. The molecule has 0 bridgehead atoms. The van der Waals surface area contributed by atoms with Crippen LogP contribution in [0.5, 0.6) is 0 Å². The van der Waals surface area contributed by atoms with Crippen molar-refractivity contribution in [1.82, 2.24) is 5.43 Å². The maximum absolute atomic E-state index is 12.0. The predicted molar refractivity (Wildman–Crippen MR) is 86.1 cm³/mol. The summed E-state index contributed by atoms with van der Waals surface area (Å²) < 4.78 is 0. The van der Waals surface area contributed by atoms with Crippen molar-refractivity contribution in [3.63, 3.8) is 0 Å². The van der Waals surface area contributed by atoms with Gasteiger partial charge >= 0.3 is 0 Å². The van der Waals surface area contributed by atoms with Crippen molar-refractivity contribution >= 4 is 17.8 Å². The maximum atomic E-state index is 12.0. The molecule has 2 aromatic rings. The van der Waals surface area contributed by atoms with Gasteiger partial charge in [-0.25, -0.2) is 5.43 Å². The first-order valence-electron chi connectivity index (χ1n) is 7.27. The smallest absolute Gasteiger partial charge is 0.269 e. The van der Waals surface area contributed by atoms with E-state index in [1.807, 2.05) is 30.3 Å². The minimum absolute atomic E-state index is 0.0230. The van der Waals surface area contributed by atoms with Gasteiger partial charge in [0, 0.05) is 18.1 Å². The molecule has 6 nitrogen and oxygen atoms in total. The molecular weight excluding hydrogens is 294 g/mol. The van der Waals surface area contributed by atoms with Crippen LogP contribution in [0.4, 0.5) is 5.69 Å². The van der Waals surface area contributed by atoms with Crippen molar-refractivity contribution in [1.29, 1.82) is 0 Å².